The smallest absolute Gasteiger partial charge is 0.326 e. The normalized spacial score (nSPS) is 15.3. The van der Waals surface area contributed by atoms with Crippen LogP contribution in [0.15, 0.2) is 36.8 Å². The molecule has 1 aliphatic heterocycles. The lowest BCUT2D eigenvalue weighted by molar-refractivity contribution is -0.139. The molecule has 0 spiro atoms. The fraction of sp³-hybridized carbons (Fsp3) is 0.353. The number of likely N-dealkylation sites (tertiary alicyclic amines) is 1. The molecule has 1 aromatic carbocycles. The van der Waals surface area contributed by atoms with E-state index in [1.165, 1.54) is 17.4 Å². The first-order valence-electron chi connectivity index (χ1n) is 8.00. The number of aliphatic carboxylic acids is 1. The van der Waals surface area contributed by atoms with Crippen LogP contribution in [0.4, 0.5) is 4.79 Å². The van der Waals surface area contributed by atoms with Crippen molar-refractivity contribution < 1.29 is 19.4 Å². The minimum Gasteiger partial charge on any atom is -0.487 e. The molecular formula is C17H20N4O4. The molecule has 3 rings (SSSR count). The Kier molecular flexibility index (Phi) is 4.87. The summed E-state index contributed by atoms with van der Waals surface area (Å²) in [5.41, 5.74) is 1.76. The number of ether oxygens (including phenoxy) is 1. The third-order valence-electron chi connectivity index (χ3n) is 4.00. The number of carboxylic acids is 1. The Morgan fingerprint density at radius 1 is 1.48 bits per heavy atom. The number of aromatic nitrogens is 2. The number of carboxylic acid groups (broad SMARTS) is 1. The van der Waals surface area contributed by atoms with Crippen LogP contribution in [-0.4, -0.2) is 57.2 Å². The van der Waals surface area contributed by atoms with Gasteiger partial charge in [0, 0.05) is 18.3 Å². The van der Waals surface area contributed by atoms with Crippen LogP contribution >= 0.6 is 0 Å². The minimum atomic E-state index is -1.09. The molecule has 8 nitrogen and oxygen atoms in total. The number of nitrogens with zero attached hydrogens (tertiary/aromatic N) is 2. The van der Waals surface area contributed by atoms with E-state index in [1.807, 2.05) is 31.2 Å². The van der Waals surface area contributed by atoms with Crippen molar-refractivity contribution in [3.8, 4) is 5.75 Å². The summed E-state index contributed by atoms with van der Waals surface area (Å²) in [5, 5.41) is 11.8. The number of benzene rings is 1. The van der Waals surface area contributed by atoms with E-state index in [0.717, 1.165) is 11.3 Å². The number of hydrogen-bond donors (Lipinski definition) is 3. The number of hydrogen-bond acceptors (Lipinski definition) is 4. The van der Waals surface area contributed by atoms with Crippen LogP contribution in [0.25, 0.3) is 0 Å². The van der Waals surface area contributed by atoms with Crippen LogP contribution in [0.3, 0.4) is 0 Å². The van der Waals surface area contributed by atoms with Crippen molar-refractivity contribution in [1.29, 1.82) is 0 Å². The highest BCUT2D eigenvalue weighted by Gasteiger charge is 2.34. The second kappa shape index (κ2) is 7.25. The van der Waals surface area contributed by atoms with Crippen molar-refractivity contribution in [1.82, 2.24) is 20.2 Å². The van der Waals surface area contributed by atoms with Crippen LogP contribution < -0.4 is 10.1 Å². The molecular weight excluding hydrogens is 324 g/mol. The quantitative estimate of drug-likeness (QED) is 0.729. The Labute approximate surface area is 144 Å². The van der Waals surface area contributed by atoms with Crippen molar-refractivity contribution in [3.05, 3.63) is 48.0 Å². The van der Waals surface area contributed by atoms with E-state index in [1.54, 1.807) is 0 Å². The van der Waals surface area contributed by atoms with Crippen molar-refractivity contribution in [3.63, 3.8) is 0 Å². The van der Waals surface area contributed by atoms with Crippen molar-refractivity contribution in [2.24, 2.45) is 0 Å². The molecule has 8 heteroatoms. The SMILES string of the molecule is Cc1cccc(OC2CN(C(=O)N[C@@H](Cc3cnc[nH]3)C(=O)O)C2)c1. The third-order valence-corrected chi connectivity index (χ3v) is 4.00. The standard InChI is InChI=1S/C17H20N4O4/c1-11-3-2-4-13(5-11)25-14-8-21(9-14)17(24)20-15(16(22)23)6-12-7-18-10-19-12/h2-5,7,10,14-15H,6,8-9H2,1H3,(H,18,19)(H,20,24)(H,22,23)/t15-/m0/s1. The summed E-state index contributed by atoms with van der Waals surface area (Å²) >= 11 is 0. The zero-order valence-corrected chi connectivity index (χ0v) is 13.8. The van der Waals surface area contributed by atoms with Gasteiger partial charge >= 0.3 is 12.0 Å². The molecule has 1 aromatic heterocycles. The van der Waals surface area contributed by atoms with Crippen LogP contribution in [-0.2, 0) is 11.2 Å². The fourth-order valence-electron chi connectivity index (χ4n) is 2.62. The molecule has 3 N–H and O–H groups in total. The molecule has 1 aliphatic rings. The van der Waals surface area contributed by atoms with Crippen LogP contribution in [0, 0.1) is 6.92 Å². The highest BCUT2D eigenvalue weighted by Crippen LogP contribution is 2.19. The van der Waals surface area contributed by atoms with Gasteiger partial charge in [-0.2, -0.15) is 0 Å². The molecule has 1 atom stereocenters. The van der Waals surface area contributed by atoms with Crippen LogP contribution in [0.1, 0.15) is 11.3 Å². The van der Waals surface area contributed by atoms with E-state index in [0.29, 0.717) is 18.8 Å². The van der Waals surface area contributed by atoms with Gasteiger partial charge in [0.2, 0.25) is 0 Å². The lowest BCUT2D eigenvalue weighted by Crippen LogP contribution is -2.61. The Morgan fingerprint density at radius 2 is 2.28 bits per heavy atom. The van der Waals surface area contributed by atoms with E-state index in [9.17, 15) is 14.7 Å². The van der Waals surface area contributed by atoms with Crippen molar-refractivity contribution >= 4 is 12.0 Å². The molecule has 1 saturated heterocycles. The third kappa shape index (κ3) is 4.28. The van der Waals surface area contributed by atoms with Gasteiger partial charge in [0.05, 0.1) is 19.4 Å². The average molecular weight is 344 g/mol. The molecule has 25 heavy (non-hydrogen) atoms. The first kappa shape index (κ1) is 16.8. The van der Waals surface area contributed by atoms with Crippen molar-refractivity contribution in [2.75, 3.05) is 13.1 Å². The molecule has 0 saturated carbocycles. The number of rotatable bonds is 6. The molecule has 132 valence electrons. The first-order valence-corrected chi connectivity index (χ1v) is 8.00. The number of aromatic amines is 1. The molecule has 0 radical (unpaired) electrons. The summed E-state index contributed by atoms with van der Waals surface area (Å²) in [4.78, 5) is 31.7. The number of H-pyrrole nitrogens is 1. The second-order valence-electron chi connectivity index (χ2n) is 6.08. The monoisotopic (exact) mass is 344 g/mol. The number of urea groups is 1. The fourth-order valence-corrected chi connectivity index (χ4v) is 2.62. The van der Waals surface area contributed by atoms with Crippen LogP contribution in [0.5, 0.6) is 5.75 Å². The van der Waals surface area contributed by atoms with Gasteiger partial charge in [-0.05, 0) is 24.6 Å². The zero-order valence-electron chi connectivity index (χ0n) is 13.8. The Hall–Kier alpha value is -3.03. The van der Waals surface area contributed by atoms with E-state index < -0.39 is 18.0 Å². The van der Waals surface area contributed by atoms with E-state index in [2.05, 4.69) is 15.3 Å². The second-order valence-corrected chi connectivity index (χ2v) is 6.08. The number of nitrogens with one attached hydrogen (secondary N) is 2. The van der Waals surface area contributed by atoms with Gasteiger partial charge in [0.1, 0.15) is 17.9 Å². The van der Waals surface area contributed by atoms with Gasteiger partial charge in [0.25, 0.3) is 0 Å². The number of amides is 2. The number of carbonyl (C=O) groups is 2. The molecule has 1 fully saturated rings. The predicted molar refractivity (Wildman–Crippen MR) is 89.4 cm³/mol. The topological polar surface area (TPSA) is 108 Å². The summed E-state index contributed by atoms with van der Waals surface area (Å²) in [5.74, 6) is -0.316. The summed E-state index contributed by atoms with van der Waals surface area (Å²) in [6.45, 7) is 2.84. The van der Waals surface area contributed by atoms with Crippen LogP contribution in [0.2, 0.25) is 0 Å². The molecule has 2 aromatic rings. The zero-order chi connectivity index (χ0) is 17.8. The van der Waals surface area contributed by atoms with Gasteiger partial charge in [-0.15, -0.1) is 0 Å². The number of imidazole rings is 1. The summed E-state index contributed by atoms with van der Waals surface area (Å²) in [6, 6.07) is 6.30. The maximum Gasteiger partial charge on any atom is 0.326 e. The lowest BCUT2D eigenvalue weighted by atomic mass is 10.1. The lowest BCUT2D eigenvalue weighted by Gasteiger charge is -2.39. The van der Waals surface area contributed by atoms with E-state index in [-0.39, 0.29) is 12.5 Å². The molecule has 2 heterocycles. The Bertz CT molecular complexity index is 741. The first-order chi connectivity index (χ1) is 12.0. The molecule has 0 aliphatic carbocycles. The molecule has 0 unspecified atom stereocenters. The summed E-state index contributed by atoms with van der Waals surface area (Å²) < 4.78 is 5.80. The largest absolute Gasteiger partial charge is 0.487 e. The number of aryl methyl sites for hydroxylation is 1. The summed E-state index contributed by atoms with van der Waals surface area (Å²) in [7, 11) is 0. The predicted octanol–water partition coefficient (Wildman–Crippen LogP) is 1.19. The van der Waals surface area contributed by atoms with E-state index in [4.69, 9.17) is 4.74 Å². The minimum absolute atomic E-state index is 0.0802. The highest BCUT2D eigenvalue weighted by molar-refractivity contribution is 5.83. The Balaban J connectivity index is 1.48. The number of carbonyl (C=O) groups excluding carboxylic acids is 1. The summed E-state index contributed by atoms with van der Waals surface area (Å²) in [6.07, 6.45) is 3.08. The maximum atomic E-state index is 12.2. The van der Waals surface area contributed by atoms with Gasteiger partial charge in [0.15, 0.2) is 0 Å². The van der Waals surface area contributed by atoms with Gasteiger partial charge in [-0.3, -0.25) is 0 Å². The van der Waals surface area contributed by atoms with Gasteiger partial charge < -0.3 is 25.0 Å². The van der Waals surface area contributed by atoms with Gasteiger partial charge in [-0.1, -0.05) is 12.1 Å². The van der Waals surface area contributed by atoms with Crippen molar-refractivity contribution in [2.45, 2.75) is 25.5 Å². The molecule has 2 amide bonds. The van der Waals surface area contributed by atoms with Gasteiger partial charge in [-0.25, -0.2) is 14.6 Å². The maximum absolute atomic E-state index is 12.2. The average Bonchev–Trinajstić information content (AvgIpc) is 3.02. The Morgan fingerprint density at radius 3 is 2.92 bits per heavy atom. The van der Waals surface area contributed by atoms with E-state index >= 15 is 0 Å². The highest BCUT2D eigenvalue weighted by atomic mass is 16.5. The molecule has 0 bridgehead atoms.